The first-order valence-corrected chi connectivity index (χ1v) is 12.9. The number of nitrogens with one attached hydrogen (secondary N) is 2. The van der Waals surface area contributed by atoms with Crippen molar-refractivity contribution in [1.82, 2.24) is 10.6 Å². The van der Waals surface area contributed by atoms with Crippen LogP contribution in [0.1, 0.15) is 37.8 Å². The van der Waals surface area contributed by atoms with Gasteiger partial charge in [-0.25, -0.2) is 14.4 Å². The average molecular weight is 607 g/mol. The predicted molar refractivity (Wildman–Crippen MR) is 144 cm³/mol. The number of carboxylic acid groups (broad SMARTS) is 1. The van der Waals surface area contributed by atoms with Crippen LogP contribution in [-0.4, -0.2) is 58.0 Å². The second-order valence-electron chi connectivity index (χ2n) is 8.27. The van der Waals surface area contributed by atoms with Gasteiger partial charge >= 0.3 is 18.2 Å². The van der Waals surface area contributed by atoms with Crippen molar-refractivity contribution in [2.45, 2.75) is 52.0 Å². The summed E-state index contributed by atoms with van der Waals surface area (Å²) in [7, 11) is 0. The Bertz CT molecular complexity index is 1110. The molecule has 0 saturated carbocycles. The second-order valence-corrected chi connectivity index (χ2v) is 8.83. The van der Waals surface area contributed by atoms with Crippen molar-refractivity contribution in [2.24, 2.45) is 0 Å². The lowest BCUT2D eigenvalue weighted by molar-refractivity contribution is -0.141. The van der Waals surface area contributed by atoms with Gasteiger partial charge in [-0.05, 0) is 25.0 Å². The van der Waals surface area contributed by atoms with Crippen molar-refractivity contribution in [3.8, 4) is 0 Å². The number of carboxylic acids is 1. The lowest BCUT2D eigenvalue weighted by Gasteiger charge is -2.15. The first-order valence-electron chi connectivity index (χ1n) is 11.8. The molecule has 11 nitrogen and oxygen atoms in total. The number of alkyl carbamates (subject to hydrolysis) is 2. The van der Waals surface area contributed by atoms with Gasteiger partial charge in [0.05, 0.1) is 11.4 Å². The summed E-state index contributed by atoms with van der Waals surface area (Å²) in [5.74, 6) is -2.04. The van der Waals surface area contributed by atoms with E-state index in [0.29, 0.717) is 0 Å². The topological polar surface area (TPSA) is 165 Å². The molecular formula is C27H31BrN2O9. The summed E-state index contributed by atoms with van der Waals surface area (Å²) in [5, 5.41) is 13.5. The molecule has 210 valence electrons. The van der Waals surface area contributed by atoms with Gasteiger partial charge in [-0.3, -0.25) is 14.4 Å². The average Bonchev–Trinajstić information content (AvgIpc) is 2.90. The summed E-state index contributed by atoms with van der Waals surface area (Å²) >= 11 is 3.02. The molecule has 2 rings (SSSR count). The summed E-state index contributed by atoms with van der Waals surface area (Å²) in [4.78, 5) is 67.4. The van der Waals surface area contributed by atoms with E-state index in [1.807, 2.05) is 36.4 Å². The molecule has 0 heterocycles. The van der Waals surface area contributed by atoms with Crippen molar-refractivity contribution >= 4 is 51.4 Å². The molecule has 0 fully saturated rings. The highest BCUT2D eigenvalue weighted by Gasteiger charge is 2.23. The summed E-state index contributed by atoms with van der Waals surface area (Å²) in [6.45, 7) is 2.78. The Morgan fingerprint density at radius 1 is 0.718 bits per heavy atom. The number of Topliss-reactive ketones (excluding diaryl/α,β-unsaturated/α-hetero) is 3. The van der Waals surface area contributed by atoms with E-state index >= 15 is 0 Å². The normalized spacial score (nSPS) is 11.5. The fourth-order valence-electron chi connectivity index (χ4n) is 2.93. The SMILES string of the molecule is CC(=O)C[C@H](NC(=O)OCc1ccccc1)C(=O)CBr.CC(=O)C[C@H](NC(=O)OCc1ccccc1)C(=O)O. The molecule has 0 bridgehead atoms. The van der Waals surface area contributed by atoms with Crippen molar-refractivity contribution < 1.29 is 43.3 Å². The number of halogens is 1. The van der Waals surface area contributed by atoms with Crippen LogP contribution in [0.5, 0.6) is 0 Å². The number of hydrogen-bond donors (Lipinski definition) is 3. The summed E-state index contributed by atoms with van der Waals surface area (Å²) < 4.78 is 9.87. The fourth-order valence-corrected chi connectivity index (χ4v) is 3.32. The maximum atomic E-state index is 11.6. The van der Waals surface area contributed by atoms with Gasteiger partial charge < -0.3 is 25.2 Å². The number of carbonyl (C=O) groups excluding carboxylic acids is 5. The van der Waals surface area contributed by atoms with E-state index in [9.17, 15) is 28.8 Å². The summed E-state index contributed by atoms with van der Waals surface area (Å²) in [5.41, 5.74) is 1.63. The number of amides is 2. The van der Waals surface area contributed by atoms with Crippen molar-refractivity contribution in [1.29, 1.82) is 0 Å². The molecule has 0 unspecified atom stereocenters. The molecule has 2 amide bonds. The smallest absolute Gasteiger partial charge is 0.408 e. The van der Waals surface area contributed by atoms with Gasteiger partial charge in [-0.15, -0.1) is 0 Å². The van der Waals surface area contributed by atoms with E-state index in [0.717, 1.165) is 11.1 Å². The van der Waals surface area contributed by atoms with Crippen LogP contribution < -0.4 is 10.6 Å². The Balaban J connectivity index is 0.000000391. The van der Waals surface area contributed by atoms with Crippen LogP contribution in [-0.2, 0) is 41.9 Å². The lowest BCUT2D eigenvalue weighted by atomic mass is 10.1. The lowest BCUT2D eigenvalue weighted by Crippen LogP contribution is -2.42. The van der Waals surface area contributed by atoms with Gasteiger partial charge in [-0.1, -0.05) is 76.6 Å². The van der Waals surface area contributed by atoms with Crippen LogP contribution in [0.2, 0.25) is 0 Å². The molecule has 0 aliphatic rings. The van der Waals surface area contributed by atoms with Crippen molar-refractivity contribution in [2.75, 3.05) is 5.33 Å². The summed E-state index contributed by atoms with van der Waals surface area (Å²) in [6, 6.07) is 16.0. The Morgan fingerprint density at radius 3 is 1.46 bits per heavy atom. The molecule has 39 heavy (non-hydrogen) atoms. The highest BCUT2D eigenvalue weighted by molar-refractivity contribution is 9.09. The van der Waals surface area contributed by atoms with Crippen molar-refractivity contribution in [3.05, 3.63) is 71.8 Å². The highest BCUT2D eigenvalue weighted by atomic mass is 79.9. The highest BCUT2D eigenvalue weighted by Crippen LogP contribution is 2.04. The Morgan fingerprint density at radius 2 is 1.10 bits per heavy atom. The molecule has 0 aromatic heterocycles. The number of ether oxygens (including phenoxy) is 2. The van der Waals surface area contributed by atoms with Crippen LogP contribution in [0.3, 0.4) is 0 Å². The van der Waals surface area contributed by atoms with Crippen LogP contribution in [0.4, 0.5) is 9.59 Å². The maximum Gasteiger partial charge on any atom is 0.408 e. The largest absolute Gasteiger partial charge is 0.480 e. The zero-order valence-corrected chi connectivity index (χ0v) is 23.1. The molecule has 0 saturated heterocycles. The number of ketones is 3. The number of hydrogen-bond acceptors (Lipinski definition) is 8. The van der Waals surface area contributed by atoms with E-state index in [1.54, 1.807) is 24.3 Å². The molecule has 3 N–H and O–H groups in total. The summed E-state index contributed by atoms with van der Waals surface area (Å²) in [6.07, 6.45) is -1.88. The van der Waals surface area contributed by atoms with Crippen molar-refractivity contribution in [3.63, 3.8) is 0 Å². The van der Waals surface area contributed by atoms with Crippen LogP contribution in [0, 0.1) is 0 Å². The molecule has 0 spiro atoms. The Hall–Kier alpha value is -4.06. The fraction of sp³-hybridized carbons (Fsp3) is 0.333. The van der Waals surface area contributed by atoms with E-state index in [4.69, 9.17) is 14.6 Å². The van der Waals surface area contributed by atoms with Gasteiger partial charge in [0.2, 0.25) is 0 Å². The molecule has 0 aliphatic carbocycles. The molecule has 2 aromatic carbocycles. The number of alkyl halides is 1. The van der Waals surface area contributed by atoms with Gasteiger partial charge in [0, 0.05) is 12.8 Å². The van der Waals surface area contributed by atoms with E-state index in [-0.39, 0.29) is 48.7 Å². The zero-order valence-electron chi connectivity index (χ0n) is 21.6. The molecule has 2 aromatic rings. The minimum absolute atomic E-state index is 0.0368. The number of benzene rings is 2. The number of aliphatic carboxylic acids is 1. The van der Waals surface area contributed by atoms with Gasteiger partial charge in [0.25, 0.3) is 0 Å². The van der Waals surface area contributed by atoms with Crippen LogP contribution in [0.25, 0.3) is 0 Å². The molecular weight excluding hydrogens is 576 g/mol. The molecule has 2 atom stereocenters. The number of carbonyl (C=O) groups is 6. The third-order valence-corrected chi connectivity index (χ3v) is 5.36. The van der Waals surface area contributed by atoms with Crippen LogP contribution >= 0.6 is 15.9 Å². The van der Waals surface area contributed by atoms with E-state index < -0.39 is 30.2 Å². The van der Waals surface area contributed by atoms with E-state index in [1.165, 1.54) is 13.8 Å². The van der Waals surface area contributed by atoms with Gasteiger partial charge in [-0.2, -0.15) is 0 Å². The third kappa shape index (κ3) is 15.1. The Kier molecular flexibility index (Phi) is 15.4. The third-order valence-electron chi connectivity index (χ3n) is 4.81. The van der Waals surface area contributed by atoms with E-state index in [2.05, 4.69) is 26.6 Å². The molecule has 0 radical (unpaired) electrons. The zero-order chi connectivity index (χ0) is 29.2. The quantitative estimate of drug-likeness (QED) is 0.289. The number of rotatable bonds is 13. The monoisotopic (exact) mass is 606 g/mol. The second kappa shape index (κ2) is 18.2. The maximum absolute atomic E-state index is 11.6. The standard InChI is InChI=1S/C14H16BrNO4.C13H15NO5/c1-10(17)7-12(13(18)8-15)16-14(19)20-9-11-5-3-2-4-6-11;1-9(15)7-11(12(16)17)14-13(18)19-8-10-5-3-2-4-6-10/h2-6,12H,7-9H2,1H3,(H,16,19);2-6,11H,7-8H2,1H3,(H,14,18)(H,16,17)/t12-;11-/m00/s1. The van der Waals surface area contributed by atoms with Gasteiger partial charge in [0.15, 0.2) is 5.78 Å². The van der Waals surface area contributed by atoms with Gasteiger partial charge in [0.1, 0.15) is 30.8 Å². The minimum Gasteiger partial charge on any atom is -0.480 e. The van der Waals surface area contributed by atoms with Crippen LogP contribution in [0.15, 0.2) is 60.7 Å². The first kappa shape index (κ1) is 33.0. The minimum atomic E-state index is -1.27. The first-order chi connectivity index (χ1) is 18.5. The predicted octanol–water partition coefficient (Wildman–Crippen LogP) is 3.57. The molecule has 12 heteroatoms. The Labute approximate surface area is 234 Å². The molecule has 0 aliphatic heterocycles.